The molecule has 1 aromatic carbocycles. The molecule has 1 aliphatic rings. The molecule has 0 saturated heterocycles. The molecule has 0 bridgehead atoms. The average molecular weight is 386 g/mol. The van der Waals surface area contributed by atoms with E-state index in [2.05, 4.69) is 12.0 Å². The molecule has 1 heterocycles. The highest BCUT2D eigenvalue weighted by Gasteiger charge is 2.15. The Labute approximate surface area is 164 Å². The summed E-state index contributed by atoms with van der Waals surface area (Å²) in [5, 5.41) is 7.07. The number of ether oxygens (including phenoxy) is 2. The number of hydrogen-bond acceptors (Lipinski definition) is 5. The van der Waals surface area contributed by atoms with Crippen molar-refractivity contribution < 1.29 is 9.47 Å². The lowest BCUT2D eigenvalue weighted by atomic mass is 9.99. The van der Waals surface area contributed by atoms with Crippen LogP contribution in [0.4, 0.5) is 0 Å². The van der Waals surface area contributed by atoms with Gasteiger partial charge in [-0.05, 0) is 50.8 Å². The lowest BCUT2D eigenvalue weighted by Gasteiger charge is -2.14. The highest BCUT2D eigenvalue weighted by Crippen LogP contribution is 2.34. The summed E-state index contributed by atoms with van der Waals surface area (Å²) in [7, 11) is 3.35. The fraction of sp³-hybridized carbons (Fsp3) is 0.429. The number of nitrogens with zero attached hydrogens (tertiary/aromatic N) is 3. The lowest BCUT2D eigenvalue weighted by molar-refractivity contribution is 0.404. The summed E-state index contributed by atoms with van der Waals surface area (Å²) in [6.45, 7) is 6.54. The molecule has 2 aromatic rings. The molecule has 3 rings (SSSR count). The van der Waals surface area contributed by atoms with E-state index in [-0.39, 0.29) is 0 Å². The molecular weight excluding hydrogens is 358 g/mol. The van der Waals surface area contributed by atoms with Gasteiger partial charge in [0, 0.05) is 16.7 Å². The smallest absolute Gasteiger partial charge is 0.206 e. The van der Waals surface area contributed by atoms with E-state index in [1.54, 1.807) is 25.6 Å². The van der Waals surface area contributed by atoms with Crippen LogP contribution in [0.2, 0.25) is 0 Å². The second-order valence-electron chi connectivity index (χ2n) is 6.78. The van der Waals surface area contributed by atoms with Gasteiger partial charge in [-0.1, -0.05) is 18.6 Å². The third-order valence-corrected chi connectivity index (χ3v) is 5.38. The lowest BCUT2D eigenvalue weighted by Crippen LogP contribution is -2.16. The highest BCUT2D eigenvalue weighted by molar-refractivity contribution is 7.07. The number of thiazole rings is 1. The Balaban J connectivity index is 2.15. The van der Waals surface area contributed by atoms with E-state index in [1.807, 2.05) is 29.8 Å². The van der Waals surface area contributed by atoms with E-state index in [0.717, 1.165) is 46.0 Å². The van der Waals surface area contributed by atoms with Gasteiger partial charge in [-0.2, -0.15) is 5.10 Å². The first-order valence-electron chi connectivity index (χ1n) is 9.27. The van der Waals surface area contributed by atoms with Crippen molar-refractivity contribution in [3.8, 4) is 22.8 Å². The molecule has 0 aliphatic heterocycles. The van der Waals surface area contributed by atoms with E-state index < -0.39 is 0 Å². The molecule has 1 saturated carbocycles. The molecule has 0 amide bonds. The molecule has 6 heteroatoms. The number of methoxy groups -OCH3 is 2. The number of aromatic nitrogens is 1. The zero-order chi connectivity index (χ0) is 19.2. The molecule has 1 aliphatic carbocycles. The fourth-order valence-corrected chi connectivity index (χ4v) is 3.93. The molecule has 1 fully saturated rings. The Morgan fingerprint density at radius 1 is 1.19 bits per heavy atom. The van der Waals surface area contributed by atoms with Crippen LogP contribution in [0, 0.1) is 0 Å². The summed E-state index contributed by atoms with van der Waals surface area (Å²) in [4.78, 5) is 5.59. The molecule has 1 aromatic heterocycles. The summed E-state index contributed by atoms with van der Waals surface area (Å²) in [6, 6.07) is 5.81. The first-order valence-corrected chi connectivity index (χ1v) is 10.1. The summed E-state index contributed by atoms with van der Waals surface area (Å²) < 4.78 is 13.0. The largest absolute Gasteiger partial charge is 0.497 e. The third kappa shape index (κ3) is 4.69. The predicted molar refractivity (Wildman–Crippen MR) is 112 cm³/mol. The number of rotatable bonds is 6. The van der Waals surface area contributed by atoms with E-state index in [0.29, 0.717) is 6.54 Å². The maximum absolute atomic E-state index is 5.59. The van der Waals surface area contributed by atoms with Crippen LogP contribution in [-0.2, 0) is 0 Å². The maximum atomic E-state index is 5.59. The quantitative estimate of drug-likeness (QED) is 0.666. The summed E-state index contributed by atoms with van der Waals surface area (Å²) >= 11 is 1.59. The standard InChI is InChI=1S/C21H27N3O2S/c1-15(2)13-22-21-24(23-16-8-6-5-7-9-16)19(14-27-21)18-12-17(25-3)10-11-20(18)26-4/h10-12,14H,1,5-9,13H2,2-4H3. The molecule has 0 unspecified atom stereocenters. The van der Waals surface area contributed by atoms with Crippen molar-refractivity contribution in [1.29, 1.82) is 0 Å². The van der Waals surface area contributed by atoms with E-state index in [4.69, 9.17) is 19.6 Å². The second kappa shape index (κ2) is 9.04. The normalized spacial score (nSPS) is 14.9. The SMILES string of the molecule is C=C(C)CN=c1scc(-c2cc(OC)ccc2OC)n1N=C1CCCCC1. The Bertz CT molecular complexity index is 900. The first-order chi connectivity index (χ1) is 13.1. The molecule has 5 nitrogen and oxygen atoms in total. The van der Waals surface area contributed by atoms with Crippen molar-refractivity contribution in [3.05, 3.63) is 40.5 Å². The molecule has 0 N–H and O–H groups in total. The monoisotopic (exact) mass is 385 g/mol. The van der Waals surface area contributed by atoms with E-state index in [1.165, 1.54) is 25.0 Å². The van der Waals surface area contributed by atoms with Gasteiger partial charge in [-0.25, -0.2) is 4.68 Å². The molecular formula is C21H27N3O2S. The highest BCUT2D eigenvalue weighted by atomic mass is 32.1. The van der Waals surface area contributed by atoms with Crippen molar-refractivity contribution in [2.45, 2.75) is 39.0 Å². The van der Waals surface area contributed by atoms with Gasteiger partial charge in [0.25, 0.3) is 0 Å². The van der Waals surface area contributed by atoms with Crippen LogP contribution < -0.4 is 14.3 Å². The van der Waals surface area contributed by atoms with Gasteiger partial charge in [0.1, 0.15) is 11.5 Å². The van der Waals surface area contributed by atoms with E-state index >= 15 is 0 Å². The van der Waals surface area contributed by atoms with Crippen molar-refractivity contribution in [3.63, 3.8) is 0 Å². The summed E-state index contributed by atoms with van der Waals surface area (Å²) in [5.74, 6) is 1.58. The van der Waals surface area contributed by atoms with Crippen molar-refractivity contribution in [2.75, 3.05) is 20.8 Å². The van der Waals surface area contributed by atoms with Crippen LogP contribution in [0.1, 0.15) is 39.0 Å². The summed E-state index contributed by atoms with van der Waals surface area (Å²) in [5.41, 5.74) is 4.18. The zero-order valence-corrected chi connectivity index (χ0v) is 17.1. The Morgan fingerprint density at radius 3 is 2.63 bits per heavy atom. The minimum atomic E-state index is 0.597. The average Bonchev–Trinajstić information content (AvgIpc) is 3.08. The minimum Gasteiger partial charge on any atom is -0.497 e. The molecule has 0 atom stereocenters. The fourth-order valence-electron chi connectivity index (χ4n) is 3.11. The first kappa shape index (κ1) is 19.4. The van der Waals surface area contributed by atoms with Crippen LogP contribution in [0.5, 0.6) is 11.5 Å². The molecule has 27 heavy (non-hydrogen) atoms. The van der Waals surface area contributed by atoms with Gasteiger partial charge in [-0.15, -0.1) is 11.3 Å². The van der Waals surface area contributed by atoms with Crippen LogP contribution in [0.25, 0.3) is 11.3 Å². The summed E-state index contributed by atoms with van der Waals surface area (Å²) in [6.07, 6.45) is 5.81. The molecule has 0 radical (unpaired) electrons. The van der Waals surface area contributed by atoms with Crippen LogP contribution >= 0.6 is 11.3 Å². The zero-order valence-electron chi connectivity index (χ0n) is 16.3. The van der Waals surface area contributed by atoms with Crippen LogP contribution in [0.15, 0.2) is 45.8 Å². The second-order valence-corrected chi connectivity index (χ2v) is 7.62. The topological polar surface area (TPSA) is 48.1 Å². The predicted octanol–water partition coefficient (Wildman–Crippen LogP) is 4.88. The Hall–Kier alpha value is -2.34. The van der Waals surface area contributed by atoms with Gasteiger partial charge in [0.05, 0.1) is 26.5 Å². The Kier molecular flexibility index (Phi) is 6.50. The number of benzene rings is 1. The van der Waals surface area contributed by atoms with Gasteiger partial charge in [0.15, 0.2) is 0 Å². The van der Waals surface area contributed by atoms with Gasteiger partial charge in [0.2, 0.25) is 4.80 Å². The van der Waals surface area contributed by atoms with Crippen LogP contribution in [0.3, 0.4) is 0 Å². The maximum Gasteiger partial charge on any atom is 0.206 e. The van der Waals surface area contributed by atoms with E-state index in [9.17, 15) is 0 Å². The minimum absolute atomic E-state index is 0.597. The van der Waals surface area contributed by atoms with Crippen molar-refractivity contribution >= 4 is 17.0 Å². The molecule has 144 valence electrons. The van der Waals surface area contributed by atoms with Gasteiger partial charge < -0.3 is 9.47 Å². The van der Waals surface area contributed by atoms with Crippen molar-refractivity contribution in [2.24, 2.45) is 10.1 Å². The van der Waals surface area contributed by atoms with Crippen LogP contribution in [-0.4, -0.2) is 31.2 Å². The Morgan fingerprint density at radius 2 is 1.96 bits per heavy atom. The van der Waals surface area contributed by atoms with Gasteiger partial charge >= 0.3 is 0 Å². The molecule has 0 spiro atoms. The van der Waals surface area contributed by atoms with Gasteiger partial charge in [-0.3, -0.25) is 4.99 Å². The van der Waals surface area contributed by atoms with Crippen molar-refractivity contribution in [1.82, 2.24) is 4.68 Å². The number of hydrogen-bond donors (Lipinski definition) is 0. The third-order valence-electron chi connectivity index (χ3n) is 4.52.